The van der Waals surface area contributed by atoms with Crippen LogP contribution in [0.1, 0.15) is 70.5 Å². The van der Waals surface area contributed by atoms with Gasteiger partial charge in [0.15, 0.2) is 5.82 Å². The van der Waals surface area contributed by atoms with Crippen LogP contribution in [0.25, 0.3) is 0 Å². The molecule has 1 aliphatic rings. The van der Waals surface area contributed by atoms with Gasteiger partial charge in [-0.15, -0.1) is 0 Å². The van der Waals surface area contributed by atoms with Crippen molar-refractivity contribution in [2.24, 2.45) is 11.7 Å². The van der Waals surface area contributed by atoms with E-state index >= 15 is 0 Å². The van der Waals surface area contributed by atoms with Crippen LogP contribution in [-0.2, 0) is 5.41 Å². The Morgan fingerprint density at radius 3 is 2.50 bits per heavy atom. The fraction of sp³-hybridized carbons (Fsp3) is 0.857. The molecule has 1 fully saturated rings. The van der Waals surface area contributed by atoms with Crippen molar-refractivity contribution in [1.82, 2.24) is 10.1 Å². The first-order valence-electron chi connectivity index (χ1n) is 7.11. The normalized spacial score (nSPS) is 20.5. The van der Waals surface area contributed by atoms with Gasteiger partial charge in [0.25, 0.3) is 0 Å². The van der Waals surface area contributed by atoms with E-state index in [-0.39, 0.29) is 11.3 Å². The van der Waals surface area contributed by atoms with Crippen molar-refractivity contribution >= 4 is 0 Å². The van der Waals surface area contributed by atoms with E-state index in [1.54, 1.807) is 0 Å². The highest BCUT2D eigenvalue weighted by Gasteiger charge is 2.41. The van der Waals surface area contributed by atoms with Crippen LogP contribution in [0.5, 0.6) is 0 Å². The van der Waals surface area contributed by atoms with Gasteiger partial charge in [0.2, 0.25) is 5.89 Å². The summed E-state index contributed by atoms with van der Waals surface area (Å²) in [6, 6.07) is 0. The van der Waals surface area contributed by atoms with E-state index in [4.69, 9.17) is 10.3 Å². The Bertz CT molecular complexity index is 380. The van der Waals surface area contributed by atoms with Crippen molar-refractivity contribution < 1.29 is 4.52 Å². The van der Waals surface area contributed by atoms with E-state index in [2.05, 4.69) is 24.0 Å². The third-order valence-electron chi connectivity index (χ3n) is 4.05. The number of nitrogens with two attached hydrogens (primary N) is 1. The van der Waals surface area contributed by atoms with Crippen molar-refractivity contribution in [1.29, 1.82) is 0 Å². The van der Waals surface area contributed by atoms with E-state index in [1.807, 2.05) is 6.92 Å². The number of aromatic nitrogens is 2. The molecule has 2 N–H and O–H groups in total. The molecule has 1 aromatic rings. The lowest BCUT2D eigenvalue weighted by Crippen LogP contribution is -2.25. The first-order valence-corrected chi connectivity index (χ1v) is 7.11. The van der Waals surface area contributed by atoms with Gasteiger partial charge >= 0.3 is 0 Å². The molecular weight excluding hydrogens is 226 g/mol. The molecule has 0 aromatic carbocycles. The molecule has 0 spiro atoms. The summed E-state index contributed by atoms with van der Waals surface area (Å²) in [5.74, 6) is 2.46. The largest absolute Gasteiger partial charge is 0.339 e. The molecule has 1 atom stereocenters. The van der Waals surface area contributed by atoms with E-state index in [1.165, 1.54) is 25.7 Å². The molecule has 0 radical (unpaired) electrons. The molecule has 0 aliphatic heterocycles. The van der Waals surface area contributed by atoms with Gasteiger partial charge in [-0.2, -0.15) is 4.98 Å². The third kappa shape index (κ3) is 2.58. The second-order valence-electron chi connectivity index (χ2n) is 6.18. The fourth-order valence-corrected chi connectivity index (χ4v) is 3.09. The molecule has 1 unspecified atom stereocenters. The van der Waals surface area contributed by atoms with Crippen molar-refractivity contribution in [3.05, 3.63) is 11.7 Å². The SMILES string of the molecule is CC(C)CC1(c2nc(C(C)CN)no2)CCCC1. The lowest BCUT2D eigenvalue weighted by Gasteiger charge is -2.26. The van der Waals surface area contributed by atoms with Gasteiger partial charge in [-0.05, 0) is 25.2 Å². The van der Waals surface area contributed by atoms with Crippen LogP contribution in [0.3, 0.4) is 0 Å². The Balaban J connectivity index is 2.23. The minimum Gasteiger partial charge on any atom is -0.339 e. The van der Waals surface area contributed by atoms with Crippen molar-refractivity contribution in [2.45, 2.75) is 64.2 Å². The molecule has 0 saturated heterocycles. The summed E-state index contributed by atoms with van der Waals surface area (Å²) >= 11 is 0. The maximum atomic E-state index is 5.66. The highest BCUT2D eigenvalue weighted by molar-refractivity contribution is 5.09. The van der Waals surface area contributed by atoms with Gasteiger partial charge in [-0.25, -0.2) is 0 Å². The van der Waals surface area contributed by atoms with Crippen molar-refractivity contribution in [3.63, 3.8) is 0 Å². The van der Waals surface area contributed by atoms with Gasteiger partial charge in [0.1, 0.15) is 0 Å². The van der Waals surface area contributed by atoms with Crippen LogP contribution in [0, 0.1) is 5.92 Å². The average Bonchev–Trinajstić information content (AvgIpc) is 2.96. The Hall–Kier alpha value is -0.900. The molecule has 2 rings (SSSR count). The molecule has 1 aliphatic carbocycles. The van der Waals surface area contributed by atoms with Crippen LogP contribution in [0.15, 0.2) is 4.52 Å². The zero-order valence-electron chi connectivity index (χ0n) is 11.8. The average molecular weight is 251 g/mol. The molecule has 18 heavy (non-hydrogen) atoms. The summed E-state index contributed by atoms with van der Waals surface area (Å²) in [5.41, 5.74) is 5.79. The first kappa shape index (κ1) is 13.5. The van der Waals surface area contributed by atoms with E-state index in [0.717, 1.165) is 18.1 Å². The molecule has 1 heterocycles. The predicted molar refractivity (Wildman–Crippen MR) is 71.4 cm³/mol. The van der Waals surface area contributed by atoms with Gasteiger partial charge in [0, 0.05) is 17.9 Å². The van der Waals surface area contributed by atoms with Crippen LogP contribution in [0.4, 0.5) is 0 Å². The summed E-state index contributed by atoms with van der Waals surface area (Å²) in [4.78, 5) is 4.63. The van der Waals surface area contributed by atoms with Crippen LogP contribution in [-0.4, -0.2) is 16.7 Å². The topological polar surface area (TPSA) is 64.9 Å². The first-order chi connectivity index (χ1) is 8.57. The van der Waals surface area contributed by atoms with E-state index in [0.29, 0.717) is 12.5 Å². The smallest absolute Gasteiger partial charge is 0.232 e. The summed E-state index contributed by atoms with van der Waals surface area (Å²) < 4.78 is 5.56. The van der Waals surface area contributed by atoms with Crippen LogP contribution < -0.4 is 5.73 Å². The Labute approximate surface area is 109 Å². The number of rotatable bonds is 5. The fourth-order valence-electron chi connectivity index (χ4n) is 3.09. The molecule has 1 saturated carbocycles. The summed E-state index contributed by atoms with van der Waals surface area (Å²) in [7, 11) is 0. The van der Waals surface area contributed by atoms with Gasteiger partial charge in [-0.1, -0.05) is 38.8 Å². The predicted octanol–water partition coefficient (Wildman–Crippen LogP) is 2.99. The zero-order chi connectivity index (χ0) is 13.2. The monoisotopic (exact) mass is 251 g/mol. The lowest BCUT2D eigenvalue weighted by atomic mass is 9.78. The van der Waals surface area contributed by atoms with Gasteiger partial charge in [0.05, 0.1) is 0 Å². The maximum absolute atomic E-state index is 5.66. The number of hydrogen-bond acceptors (Lipinski definition) is 4. The molecule has 4 heteroatoms. The molecule has 1 aromatic heterocycles. The zero-order valence-corrected chi connectivity index (χ0v) is 11.8. The van der Waals surface area contributed by atoms with E-state index in [9.17, 15) is 0 Å². The van der Waals surface area contributed by atoms with Crippen LogP contribution >= 0.6 is 0 Å². The Kier molecular flexibility index (Phi) is 4.05. The maximum Gasteiger partial charge on any atom is 0.232 e. The standard InChI is InChI=1S/C14H25N3O/c1-10(2)8-14(6-4-5-7-14)13-16-12(17-18-13)11(3)9-15/h10-11H,4-9,15H2,1-3H3. The number of nitrogens with zero attached hydrogens (tertiary/aromatic N) is 2. The summed E-state index contributed by atoms with van der Waals surface area (Å²) in [6.07, 6.45) is 6.06. The second-order valence-corrected chi connectivity index (χ2v) is 6.18. The van der Waals surface area contributed by atoms with Gasteiger partial charge in [-0.3, -0.25) is 0 Å². The lowest BCUT2D eigenvalue weighted by molar-refractivity contribution is 0.243. The minimum absolute atomic E-state index is 0.133. The quantitative estimate of drug-likeness (QED) is 0.873. The molecular formula is C14H25N3O. The molecule has 102 valence electrons. The van der Waals surface area contributed by atoms with Gasteiger partial charge < -0.3 is 10.3 Å². The van der Waals surface area contributed by atoms with Crippen LogP contribution in [0.2, 0.25) is 0 Å². The Morgan fingerprint density at radius 2 is 1.94 bits per heavy atom. The number of hydrogen-bond donors (Lipinski definition) is 1. The van der Waals surface area contributed by atoms with Crippen molar-refractivity contribution in [2.75, 3.05) is 6.54 Å². The molecule has 0 bridgehead atoms. The van der Waals surface area contributed by atoms with Crippen molar-refractivity contribution in [3.8, 4) is 0 Å². The Morgan fingerprint density at radius 1 is 1.28 bits per heavy atom. The van der Waals surface area contributed by atoms with E-state index < -0.39 is 0 Å². The second kappa shape index (κ2) is 5.39. The summed E-state index contributed by atoms with van der Waals surface area (Å²) in [5, 5.41) is 4.12. The minimum atomic E-state index is 0.133. The summed E-state index contributed by atoms with van der Waals surface area (Å²) in [6.45, 7) is 7.13. The molecule has 0 amide bonds. The highest BCUT2D eigenvalue weighted by Crippen LogP contribution is 2.45. The third-order valence-corrected chi connectivity index (χ3v) is 4.05. The molecule has 4 nitrogen and oxygen atoms in total. The highest BCUT2D eigenvalue weighted by atomic mass is 16.5.